The smallest absolute Gasteiger partial charge is 0.309 e. The number of hydrogen-bond donors (Lipinski definition) is 0. The molecular weight excluding hydrogens is 212 g/mol. The van der Waals surface area contributed by atoms with E-state index in [4.69, 9.17) is 4.74 Å². The van der Waals surface area contributed by atoms with Gasteiger partial charge in [-0.1, -0.05) is 42.5 Å². The first-order chi connectivity index (χ1) is 8.31. The molecule has 2 heteroatoms. The molecule has 1 aliphatic rings. The highest BCUT2D eigenvalue weighted by atomic mass is 16.5. The van der Waals surface area contributed by atoms with Crippen LogP contribution in [0.5, 0.6) is 0 Å². The van der Waals surface area contributed by atoms with E-state index in [1.54, 1.807) is 0 Å². The van der Waals surface area contributed by atoms with Crippen LogP contribution in [0.2, 0.25) is 0 Å². The van der Waals surface area contributed by atoms with Gasteiger partial charge in [-0.3, -0.25) is 4.79 Å². The van der Waals surface area contributed by atoms with Gasteiger partial charge >= 0.3 is 5.97 Å². The van der Waals surface area contributed by atoms with Crippen LogP contribution in [-0.4, -0.2) is 12.6 Å². The highest BCUT2D eigenvalue weighted by Crippen LogP contribution is 2.24. The third-order valence-electron chi connectivity index (χ3n) is 2.76. The van der Waals surface area contributed by atoms with Crippen LogP contribution in [0.15, 0.2) is 30.4 Å². The van der Waals surface area contributed by atoms with E-state index in [1.807, 2.05) is 25.1 Å². The average Bonchev–Trinajstić information content (AvgIpc) is 2.78. The van der Waals surface area contributed by atoms with Crippen LogP contribution >= 0.6 is 0 Å². The standard InChI is InChI=1S/C15H16O2/c1-2-17-15(16)11-5-9-13-7-3-6-12-8-4-10-14(12)13/h3-9H,2,10-11H2,1H3. The molecule has 0 unspecified atom stereocenters. The third kappa shape index (κ3) is 2.84. The predicted octanol–water partition coefficient (Wildman–Crippen LogP) is 3.22. The predicted molar refractivity (Wildman–Crippen MR) is 69.5 cm³/mol. The van der Waals surface area contributed by atoms with Crippen molar-refractivity contribution in [3.05, 3.63) is 47.0 Å². The quantitative estimate of drug-likeness (QED) is 0.740. The maximum Gasteiger partial charge on any atom is 0.309 e. The van der Waals surface area contributed by atoms with Crippen LogP contribution in [-0.2, 0) is 16.0 Å². The van der Waals surface area contributed by atoms with Crippen molar-refractivity contribution in [2.75, 3.05) is 6.61 Å². The van der Waals surface area contributed by atoms with Gasteiger partial charge in [0.1, 0.15) is 0 Å². The Hall–Kier alpha value is -1.83. The van der Waals surface area contributed by atoms with Crippen molar-refractivity contribution in [3.63, 3.8) is 0 Å². The van der Waals surface area contributed by atoms with Gasteiger partial charge in [-0.2, -0.15) is 0 Å². The second-order valence-corrected chi connectivity index (χ2v) is 3.93. The summed E-state index contributed by atoms with van der Waals surface area (Å²) in [5, 5.41) is 0. The van der Waals surface area contributed by atoms with E-state index in [-0.39, 0.29) is 5.97 Å². The maximum atomic E-state index is 11.2. The summed E-state index contributed by atoms with van der Waals surface area (Å²) in [5.74, 6) is -0.172. The molecule has 0 spiro atoms. The van der Waals surface area contributed by atoms with Crippen molar-refractivity contribution >= 4 is 18.1 Å². The van der Waals surface area contributed by atoms with Crippen LogP contribution in [0.25, 0.3) is 12.2 Å². The zero-order chi connectivity index (χ0) is 12.1. The Morgan fingerprint density at radius 1 is 1.47 bits per heavy atom. The summed E-state index contributed by atoms with van der Waals surface area (Å²) in [4.78, 5) is 11.2. The SMILES string of the molecule is CCOC(=O)CC=Cc1cccc2c1CC=C2. The largest absolute Gasteiger partial charge is 0.466 e. The molecule has 0 saturated carbocycles. The van der Waals surface area contributed by atoms with Crippen molar-refractivity contribution < 1.29 is 9.53 Å². The Morgan fingerprint density at radius 3 is 3.18 bits per heavy atom. The summed E-state index contributed by atoms with van der Waals surface area (Å²) in [7, 11) is 0. The van der Waals surface area contributed by atoms with Gasteiger partial charge in [0.05, 0.1) is 13.0 Å². The van der Waals surface area contributed by atoms with Crippen molar-refractivity contribution in [1.82, 2.24) is 0 Å². The molecule has 0 aromatic heterocycles. The third-order valence-corrected chi connectivity index (χ3v) is 2.76. The molecule has 1 aromatic rings. The van der Waals surface area contributed by atoms with Gasteiger partial charge in [0, 0.05) is 0 Å². The molecule has 1 aliphatic carbocycles. The van der Waals surface area contributed by atoms with Crippen LogP contribution in [0, 0.1) is 0 Å². The number of carbonyl (C=O) groups is 1. The normalized spacial score (nSPS) is 13.0. The van der Waals surface area contributed by atoms with E-state index in [9.17, 15) is 4.79 Å². The minimum absolute atomic E-state index is 0.172. The van der Waals surface area contributed by atoms with Crippen molar-refractivity contribution in [2.24, 2.45) is 0 Å². The molecule has 88 valence electrons. The summed E-state index contributed by atoms with van der Waals surface area (Å²) in [5.41, 5.74) is 3.81. The topological polar surface area (TPSA) is 26.3 Å². The Labute approximate surface area is 102 Å². The number of rotatable bonds is 4. The Morgan fingerprint density at radius 2 is 2.35 bits per heavy atom. The van der Waals surface area contributed by atoms with Crippen LogP contribution in [0.3, 0.4) is 0 Å². The minimum atomic E-state index is -0.172. The van der Waals surface area contributed by atoms with Gasteiger partial charge in [-0.05, 0) is 30.0 Å². The van der Waals surface area contributed by atoms with Gasteiger partial charge < -0.3 is 4.74 Å². The number of benzene rings is 1. The molecule has 0 N–H and O–H groups in total. The van der Waals surface area contributed by atoms with Crippen molar-refractivity contribution in [3.8, 4) is 0 Å². The summed E-state index contributed by atoms with van der Waals surface area (Å²) in [6, 6.07) is 6.23. The maximum absolute atomic E-state index is 11.2. The first-order valence-corrected chi connectivity index (χ1v) is 5.92. The van der Waals surface area contributed by atoms with Gasteiger partial charge in [-0.25, -0.2) is 0 Å². The molecule has 0 radical (unpaired) electrons. The number of carbonyl (C=O) groups excluding carboxylic acids is 1. The molecule has 0 aliphatic heterocycles. The lowest BCUT2D eigenvalue weighted by Crippen LogP contribution is -2.01. The molecule has 1 aromatic carbocycles. The van der Waals surface area contributed by atoms with Gasteiger partial charge in [-0.15, -0.1) is 0 Å². The first kappa shape index (κ1) is 11.6. The summed E-state index contributed by atoms with van der Waals surface area (Å²) < 4.78 is 4.87. The Bertz CT molecular complexity index is 470. The first-order valence-electron chi connectivity index (χ1n) is 5.92. The highest BCUT2D eigenvalue weighted by Gasteiger charge is 2.07. The van der Waals surface area contributed by atoms with Crippen LogP contribution in [0.1, 0.15) is 30.0 Å². The highest BCUT2D eigenvalue weighted by molar-refractivity contribution is 5.74. The summed E-state index contributed by atoms with van der Waals surface area (Å²) >= 11 is 0. The minimum Gasteiger partial charge on any atom is -0.466 e. The number of esters is 1. The molecule has 0 heterocycles. The molecule has 17 heavy (non-hydrogen) atoms. The van der Waals surface area contributed by atoms with E-state index in [0.717, 1.165) is 6.42 Å². The zero-order valence-corrected chi connectivity index (χ0v) is 9.98. The van der Waals surface area contributed by atoms with Crippen molar-refractivity contribution in [2.45, 2.75) is 19.8 Å². The number of hydrogen-bond acceptors (Lipinski definition) is 2. The summed E-state index contributed by atoms with van der Waals surface area (Å²) in [6.07, 6.45) is 9.49. The van der Waals surface area contributed by atoms with E-state index in [2.05, 4.69) is 24.3 Å². The van der Waals surface area contributed by atoms with Crippen molar-refractivity contribution in [1.29, 1.82) is 0 Å². The lowest BCUT2D eigenvalue weighted by atomic mass is 10.0. The monoisotopic (exact) mass is 228 g/mol. The van der Waals surface area contributed by atoms with Gasteiger partial charge in [0.15, 0.2) is 0 Å². The second kappa shape index (κ2) is 5.48. The van der Waals surface area contributed by atoms with E-state index in [1.165, 1.54) is 16.7 Å². The van der Waals surface area contributed by atoms with E-state index in [0.29, 0.717) is 13.0 Å². The molecule has 0 amide bonds. The summed E-state index contributed by atoms with van der Waals surface area (Å²) in [6.45, 7) is 2.26. The lowest BCUT2D eigenvalue weighted by Gasteiger charge is -2.03. The second-order valence-electron chi connectivity index (χ2n) is 3.93. The van der Waals surface area contributed by atoms with Gasteiger partial charge in [0.25, 0.3) is 0 Å². The molecular formula is C15H16O2. The van der Waals surface area contributed by atoms with Gasteiger partial charge in [0.2, 0.25) is 0 Å². The molecule has 0 bridgehead atoms. The fraction of sp³-hybridized carbons (Fsp3) is 0.267. The number of fused-ring (bicyclic) bond motifs is 1. The van der Waals surface area contributed by atoms with E-state index < -0.39 is 0 Å². The Kier molecular flexibility index (Phi) is 3.76. The fourth-order valence-corrected chi connectivity index (χ4v) is 1.98. The molecule has 0 atom stereocenters. The van der Waals surface area contributed by atoms with Crippen LogP contribution < -0.4 is 0 Å². The van der Waals surface area contributed by atoms with E-state index >= 15 is 0 Å². The molecule has 0 saturated heterocycles. The molecule has 2 nitrogen and oxygen atoms in total. The number of ether oxygens (including phenoxy) is 1. The zero-order valence-electron chi connectivity index (χ0n) is 9.98. The molecule has 2 rings (SSSR count). The lowest BCUT2D eigenvalue weighted by molar-refractivity contribution is -0.142. The number of allylic oxidation sites excluding steroid dienone is 1. The average molecular weight is 228 g/mol. The molecule has 0 fully saturated rings. The fourth-order valence-electron chi connectivity index (χ4n) is 1.98. The van der Waals surface area contributed by atoms with Crippen LogP contribution in [0.4, 0.5) is 0 Å². The Balaban J connectivity index is 2.03.